The highest BCUT2D eigenvalue weighted by molar-refractivity contribution is 7.92. The molecule has 0 saturated carbocycles. The maximum absolute atomic E-state index is 13.3. The van der Waals surface area contributed by atoms with Crippen molar-refractivity contribution in [2.24, 2.45) is 0 Å². The Bertz CT molecular complexity index is 1490. The van der Waals surface area contributed by atoms with Crippen LogP contribution in [0.15, 0.2) is 84.9 Å². The van der Waals surface area contributed by atoms with Crippen LogP contribution in [0.5, 0.6) is 11.5 Å². The summed E-state index contributed by atoms with van der Waals surface area (Å²) in [5, 5.41) is 5.13. The van der Waals surface area contributed by atoms with Crippen molar-refractivity contribution in [3.05, 3.63) is 96.1 Å². The van der Waals surface area contributed by atoms with Crippen LogP contribution in [-0.2, 0) is 27.7 Å². The topological polar surface area (TPSA) is 75.7 Å². The number of nitrogens with one attached hydrogen (secondary N) is 1. The minimum atomic E-state index is -3.74. The van der Waals surface area contributed by atoms with E-state index in [0.29, 0.717) is 22.9 Å². The minimum Gasteiger partial charge on any atom is -0.457 e. The number of anilines is 2. The molecule has 0 bridgehead atoms. The summed E-state index contributed by atoms with van der Waals surface area (Å²) >= 11 is 0. The van der Waals surface area contributed by atoms with Gasteiger partial charge in [0.25, 0.3) is 0 Å². The molecule has 1 amide bonds. The normalized spacial score (nSPS) is 13.4. The number of carbonyl (C=O) groups is 1. The summed E-state index contributed by atoms with van der Waals surface area (Å²) in [4.78, 5) is 13.3. The van der Waals surface area contributed by atoms with Crippen LogP contribution in [0.4, 0.5) is 11.4 Å². The van der Waals surface area contributed by atoms with E-state index in [1.54, 1.807) is 31.2 Å². The van der Waals surface area contributed by atoms with Crippen LogP contribution in [0.2, 0.25) is 0 Å². The number of aryl methyl sites for hydroxylation is 2. The molecule has 5 rings (SSSR count). The first-order chi connectivity index (χ1) is 16.8. The summed E-state index contributed by atoms with van der Waals surface area (Å²) in [6.45, 7) is 1.59. The molecule has 4 aromatic carbocycles. The van der Waals surface area contributed by atoms with E-state index < -0.39 is 22.0 Å². The molecule has 1 aliphatic rings. The Hall–Kier alpha value is -3.84. The van der Waals surface area contributed by atoms with Crippen molar-refractivity contribution < 1.29 is 17.9 Å². The zero-order valence-electron chi connectivity index (χ0n) is 19.6. The van der Waals surface area contributed by atoms with Crippen molar-refractivity contribution in [2.75, 3.05) is 15.9 Å². The maximum Gasteiger partial charge on any atom is 0.248 e. The van der Waals surface area contributed by atoms with Gasteiger partial charge in [0, 0.05) is 11.1 Å². The Kier molecular flexibility index (Phi) is 5.94. The van der Waals surface area contributed by atoms with E-state index in [4.69, 9.17) is 4.74 Å². The summed E-state index contributed by atoms with van der Waals surface area (Å²) in [5.41, 5.74) is 3.62. The molecule has 0 aromatic heterocycles. The van der Waals surface area contributed by atoms with Gasteiger partial charge >= 0.3 is 0 Å². The molecule has 35 heavy (non-hydrogen) atoms. The molecule has 0 saturated heterocycles. The van der Waals surface area contributed by atoms with Crippen LogP contribution in [-0.4, -0.2) is 26.6 Å². The van der Waals surface area contributed by atoms with Gasteiger partial charge in [-0.1, -0.05) is 42.5 Å². The second-order valence-electron chi connectivity index (χ2n) is 8.74. The van der Waals surface area contributed by atoms with E-state index in [1.165, 1.54) is 16.5 Å². The molecule has 0 unspecified atom stereocenters. The predicted molar refractivity (Wildman–Crippen MR) is 140 cm³/mol. The third-order valence-electron chi connectivity index (χ3n) is 6.29. The van der Waals surface area contributed by atoms with E-state index >= 15 is 0 Å². The van der Waals surface area contributed by atoms with E-state index in [9.17, 15) is 13.2 Å². The van der Waals surface area contributed by atoms with Crippen LogP contribution in [0.25, 0.3) is 10.8 Å². The number of amides is 1. The molecule has 0 radical (unpaired) electrons. The molecule has 0 aliphatic heterocycles. The predicted octanol–water partition coefficient (Wildman–Crippen LogP) is 5.52. The van der Waals surface area contributed by atoms with Gasteiger partial charge in [0.1, 0.15) is 17.5 Å². The molecule has 7 heteroatoms. The minimum absolute atomic E-state index is 0.385. The quantitative estimate of drug-likeness (QED) is 0.373. The van der Waals surface area contributed by atoms with Crippen LogP contribution >= 0.6 is 0 Å². The van der Waals surface area contributed by atoms with Crippen molar-refractivity contribution >= 4 is 38.1 Å². The van der Waals surface area contributed by atoms with Gasteiger partial charge in [-0.05, 0) is 78.7 Å². The SMILES string of the molecule is C[C@H](C(=O)Nc1ccc2c3c(cccc13)CC2)N(c1ccc(Oc2ccccc2)cc1)S(C)(=O)=O. The largest absolute Gasteiger partial charge is 0.457 e. The Balaban J connectivity index is 1.40. The lowest BCUT2D eigenvalue weighted by Gasteiger charge is -2.28. The molecule has 0 heterocycles. The molecule has 1 aliphatic carbocycles. The van der Waals surface area contributed by atoms with E-state index in [1.807, 2.05) is 54.6 Å². The Morgan fingerprint density at radius 1 is 0.857 bits per heavy atom. The highest BCUT2D eigenvalue weighted by Gasteiger charge is 2.30. The van der Waals surface area contributed by atoms with E-state index in [0.717, 1.165) is 28.8 Å². The molecule has 178 valence electrons. The Morgan fingerprint density at radius 3 is 2.20 bits per heavy atom. The van der Waals surface area contributed by atoms with Crippen LogP contribution in [0, 0.1) is 0 Å². The van der Waals surface area contributed by atoms with E-state index in [-0.39, 0.29) is 0 Å². The number of para-hydroxylation sites is 1. The Morgan fingerprint density at radius 2 is 1.51 bits per heavy atom. The van der Waals surface area contributed by atoms with Gasteiger partial charge in [0.15, 0.2) is 0 Å². The third kappa shape index (κ3) is 4.59. The number of ether oxygens (including phenoxy) is 1. The first kappa shape index (κ1) is 22.9. The van der Waals surface area contributed by atoms with E-state index in [2.05, 4.69) is 11.4 Å². The zero-order chi connectivity index (χ0) is 24.6. The van der Waals surface area contributed by atoms with Crippen molar-refractivity contribution in [1.29, 1.82) is 0 Å². The number of rotatable bonds is 7. The molecule has 1 N–H and O–H groups in total. The van der Waals surface area contributed by atoms with Crippen molar-refractivity contribution in [2.45, 2.75) is 25.8 Å². The number of nitrogens with zero attached hydrogens (tertiary/aromatic N) is 1. The average Bonchev–Trinajstić information content (AvgIpc) is 3.26. The first-order valence-electron chi connectivity index (χ1n) is 11.5. The number of benzene rings is 4. The number of hydrogen-bond acceptors (Lipinski definition) is 4. The van der Waals surface area contributed by atoms with Crippen molar-refractivity contribution in [3.63, 3.8) is 0 Å². The fourth-order valence-corrected chi connectivity index (χ4v) is 5.86. The molecule has 1 atom stereocenters. The van der Waals surface area contributed by atoms with Gasteiger partial charge in [0.2, 0.25) is 15.9 Å². The fraction of sp³-hybridized carbons (Fsp3) is 0.179. The van der Waals surface area contributed by atoms with Gasteiger partial charge in [-0.15, -0.1) is 0 Å². The van der Waals surface area contributed by atoms with Gasteiger partial charge in [-0.3, -0.25) is 9.10 Å². The third-order valence-corrected chi connectivity index (χ3v) is 7.54. The fourth-order valence-electron chi connectivity index (χ4n) is 4.69. The van der Waals surface area contributed by atoms with Gasteiger partial charge < -0.3 is 10.1 Å². The lowest BCUT2D eigenvalue weighted by atomic mass is 10.0. The molecule has 4 aromatic rings. The van der Waals surface area contributed by atoms with Crippen molar-refractivity contribution in [3.8, 4) is 11.5 Å². The molecule has 6 nitrogen and oxygen atoms in total. The summed E-state index contributed by atoms with van der Waals surface area (Å²) in [7, 11) is -3.74. The maximum atomic E-state index is 13.3. The van der Waals surface area contributed by atoms with Crippen molar-refractivity contribution in [1.82, 2.24) is 0 Å². The molecule has 0 fully saturated rings. The smallest absolute Gasteiger partial charge is 0.248 e. The standard InChI is InChI=1S/C28H26N2O4S/c1-19(28(31)29-26-18-13-21-12-11-20-7-6-10-25(26)27(20)21)30(35(2,32)33)22-14-16-24(17-15-22)34-23-8-4-3-5-9-23/h3-10,13-19H,11-12H2,1-2H3,(H,29,31)/t19-/m1/s1. The lowest BCUT2D eigenvalue weighted by Crippen LogP contribution is -2.45. The van der Waals surface area contributed by atoms with Crippen LogP contribution < -0.4 is 14.4 Å². The molecular formula is C28H26N2O4S. The molecular weight excluding hydrogens is 460 g/mol. The highest BCUT2D eigenvalue weighted by Crippen LogP contribution is 2.35. The number of hydrogen-bond donors (Lipinski definition) is 1. The highest BCUT2D eigenvalue weighted by atomic mass is 32.2. The average molecular weight is 487 g/mol. The molecule has 0 spiro atoms. The summed E-state index contributed by atoms with van der Waals surface area (Å²) in [5.74, 6) is 0.843. The number of sulfonamides is 1. The van der Waals surface area contributed by atoms with Crippen LogP contribution in [0.1, 0.15) is 18.1 Å². The number of carbonyl (C=O) groups excluding carboxylic acids is 1. The summed E-state index contributed by atoms with van der Waals surface area (Å²) in [6.07, 6.45) is 3.09. The second kappa shape index (κ2) is 9.07. The first-order valence-corrected chi connectivity index (χ1v) is 13.3. The Labute approximate surface area is 205 Å². The lowest BCUT2D eigenvalue weighted by molar-refractivity contribution is -0.116. The summed E-state index contributed by atoms with van der Waals surface area (Å²) in [6, 6.07) is 25.1. The second-order valence-corrected chi connectivity index (χ2v) is 10.6. The zero-order valence-corrected chi connectivity index (χ0v) is 20.4. The van der Waals surface area contributed by atoms with Crippen LogP contribution in [0.3, 0.4) is 0 Å². The van der Waals surface area contributed by atoms with Gasteiger partial charge in [0.05, 0.1) is 11.9 Å². The summed E-state index contributed by atoms with van der Waals surface area (Å²) < 4.78 is 32.4. The monoisotopic (exact) mass is 486 g/mol. The van der Waals surface area contributed by atoms with Gasteiger partial charge in [-0.25, -0.2) is 8.42 Å². The van der Waals surface area contributed by atoms with Gasteiger partial charge in [-0.2, -0.15) is 0 Å².